The van der Waals surface area contributed by atoms with Gasteiger partial charge < -0.3 is 14.7 Å². The van der Waals surface area contributed by atoms with Crippen molar-refractivity contribution in [2.24, 2.45) is 0 Å². The number of aryl methyl sites for hydroxylation is 2. The largest absolute Gasteiger partial charge is 0.481 e. The van der Waals surface area contributed by atoms with Crippen LogP contribution in [0.15, 0.2) is 53.6 Å². The molecule has 2 aromatic carbocycles. The van der Waals surface area contributed by atoms with Gasteiger partial charge in [-0.05, 0) is 72.7 Å². The summed E-state index contributed by atoms with van der Waals surface area (Å²) in [4.78, 5) is 19.2. The van der Waals surface area contributed by atoms with E-state index in [1.807, 2.05) is 48.9 Å². The standard InChI is InChI=1S/C31H36N6O5S/c1-19-5-6-21(26(15-29(38)39)25-9-10-27-30(20(25)2)33-34-37(27)23-7-8-23)14-22(19)16-35-17-24-18-42-13-12-36(24)31-28(43(35,40)41)4-3-11-32-31/h3-6,9-11,14,23-24,26,40-41H,7-8,12-13,15-18H2,1-2H3,(H,38,39)/t24-,26?/m1/s1. The van der Waals surface area contributed by atoms with Gasteiger partial charge in [0.15, 0.2) is 5.82 Å². The van der Waals surface area contributed by atoms with Crippen LogP contribution in [0.1, 0.15) is 59.0 Å². The highest BCUT2D eigenvalue weighted by Gasteiger charge is 2.40. The number of ether oxygens (including phenoxy) is 1. The number of aliphatic carboxylic acids is 1. The number of carboxylic acids is 1. The van der Waals surface area contributed by atoms with E-state index in [1.54, 1.807) is 22.6 Å². The van der Waals surface area contributed by atoms with Crippen LogP contribution in [0.3, 0.4) is 0 Å². The van der Waals surface area contributed by atoms with Crippen LogP contribution in [0.2, 0.25) is 0 Å². The van der Waals surface area contributed by atoms with Crippen LogP contribution in [-0.2, 0) is 16.1 Å². The minimum absolute atomic E-state index is 0.0854. The number of hydrogen-bond donors (Lipinski definition) is 3. The number of fused-ring (bicyclic) bond motifs is 4. The molecule has 1 saturated carbocycles. The van der Waals surface area contributed by atoms with Crippen molar-refractivity contribution in [3.8, 4) is 0 Å². The van der Waals surface area contributed by atoms with Gasteiger partial charge in [-0.15, -0.1) is 15.9 Å². The number of nitrogens with zero attached hydrogens (tertiary/aromatic N) is 6. The van der Waals surface area contributed by atoms with Gasteiger partial charge in [0.05, 0.1) is 37.2 Å². The Labute approximate surface area is 251 Å². The van der Waals surface area contributed by atoms with Crippen LogP contribution in [0, 0.1) is 13.8 Å². The molecule has 4 heterocycles. The molecule has 3 N–H and O–H groups in total. The van der Waals surface area contributed by atoms with Gasteiger partial charge in [0, 0.05) is 31.7 Å². The molecule has 1 saturated heterocycles. The van der Waals surface area contributed by atoms with E-state index in [4.69, 9.17) is 4.74 Å². The van der Waals surface area contributed by atoms with Crippen LogP contribution in [-0.4, -0.2) is 76.8 Å². The van der Waals surface area contributed by atoms with E-state index >= 15 is 0 Å². The van der Waals surface area contributed by atoms with E-state index in [9.17, 15) is 19.0 Å². The van der Waals surface area contributed by atoms with Gasteiger partial charge in [-0.2, -0.15) is 4.31 Å². The number of hydrogen-bond acceptors (Lipinski definition) is 9. The summed E-state index contributed by atoms with van der Waals surface area (Å²) in [5.74, 6) is -0.713. The average molecular weight is 605 g/mol. The van der Waals surface area contributed by atoms with E-state index in [0.717, 1.165) is 51.7 Å². The summed E-state index contributed by atoms with van der Waals surface area (Å²) in [5.41, 5.74) is 6.36. The Hall–Kier alpha value is -3.55. The molecule has 1 unspecified atom stereocenters. The molecule has 0 amide bonds. The molecule has 4 aromatic rings. The molecule has 0 bridgehead atoms. The van der Waals surface area contributed by atoms with Crippen molar-refractivity contribution in [2.45, 2.75) is 62.6 Å². The van der Waals surface area contributed by atoms with E-state index in [2.05, 4.69) is 20.2 Å². The van der Waals surface area contributed by atoms with Gasteiger partial charge in [0.1, 0.15) is 10.4 Å². The van der Waals surface area contributed by atoms with Gasteiger partial charge >= 0.3 is 5.97 Å². The predicted octanol–water partition coefficient (Wildman–Crippen LogP) is 5.13. The van der Waals surface area contributed by atoms with E-state index in [-0.39, 0.29) is 19.0 Å². The summed E-state index contributed by atoms with van der Waals surface area (Å²) in [6, 6.07) is 13.8. The molecule has 0 radical (unpaired) electrons. The number of rotatable bonds is 7. The smallest absolute Gasteiger partial charge is 0.304 e. The van der Waals surface area contributed by atoms with E-state index in [1.165, 1.54) is 0 Å². The van der Waals surface area contributed by atoms with E-state index < -0.39 is 22.7 Å². The monoisotopic (exact) mass is 604 g/mol. The van der Waals surface area contributed by atoms with Gasteiger partial charge in [0.2, 0.25) is 0 Å². The first-order valence-electron chi connectivity index (χ1n) is 14.7. The van der Waals surface area contributed by atoms with Crippen LogP contribution < -0.4 is 4.90 Å². The van der Waals surface area contributed by atoms with Crippen molar-refractivity contribution < 1.29 is 23.7 Å². The molecule has 11 nitrogen and oxygen atoms in total. The SMILES string of the molecule is Cc1ccc(C(CC(=O)O)c2ccc3c(nnn3C3CC3)c2C)cc1CN1C[C@@H]2COCCN2c2ncccc2S1(O)O. The van der Waals surface area contributed by atoms with Gasteiger partial charge in [0.25, 0.3) is 0 Å². The average Bonchev–Trinajstić information content (AvgIpc) is 3.76. The number of pyridine rings is 1. The number of benzene rings is 2. The molecule has 3 aliphatic rings. The maximum atomic E-state index is 12.2. The van der Waals surface area contributed by atoms with Crippen molar-refractivity contribution in [3.05, 3.63) is 76.5 Å². The van der Waals surface area contributed by atoms with Crippen LogP contribution in [0.25, 0.3) is 11.0 Å². The third-order valence-corrected chi connectivity index (χ3v) is 10.9. The summed E-state index contributed by atoms with van der Waals surface area (Å²) in [5, 5.41) is 18.8. The zero-order chi connectivity index (χ0) is 29.9. The van der Waals surface area contributed by atoms with E-state index in [0.29, 0.717) is 43.1 Å². The van der Waals surface area contributed by atoms with Gasteiger partial charge in [-0.25, -0.2) is 9.67 Å². The van der Waals surface area contributed by atoms with Crippen LogP contribution in [0.4, 0.5) is 5.82 Å². The Morgan fingerprint density at radius 1 is 1.14 bits per heavy atom. The summed E-state index contributed by atoms with van der Waals surface area (Å²) >= 11 is 0. The molecule has 2 atom stereocenters. The fraction of sp³-hybridized carbons (Fsp3) is 0.419. The molecular formula is C31H36N6O5S. The van der Waals surface area contributed by atoms with Crippen LogP contribution >= 0.6 is 10.8 Å². The highest BCUT2D eigenvalue weighted by molar-refractivity contribution is 8.22. The second-order valence-corrected chi connectivity index (χ2v) is 13.8. The molecular weight excluding hydrogens is 568 g/mol. The highest BCUT2D eigenvalue weighted by atomic mass is 32.3. The molecule has 43 heavy (non-hydrogen) atoms. The lowest BCUT2D eigenvalue weighted by Crippen LogP contribution is -2.50. The second-order valence-electron chi connectivity index (χ2n) is 11.8. The molecule has 12 heteroatoms. The lowest BCUT2D eigenvalue weighted by molar-refractivity contribution is -0.137. The second kappa shape index (κ2) is 10.9. The Morgan fingerprint density at radius 2 is 1.98 bits per heavy atom. The number of aromatic nitrogens is 4. The normalized spacial score (nSPS) is 21.6. The molecule has 0 spiro atoms. The number of morpholine rings is 1. The van der Waals surface area contributed by atoms with Crippen molar-refractivity contribution in [3.63, 3.8) is 0 Å². The first-order valence-corrected chi connectivity index (χ1v) is 16.2. The van der Waals surface area contributed by atoms with Crippen LogP contribution in [0.5, 0.6) is 0 Å². The quantitative estimate of drug-likeness (QED) is 0.260. The number of anilines is 1. The number of carbonyl (C=O) groups is 1. The van der Waals surface area contributed by atoms with Gasteiger partial charge in [-0.3, -0.25) is 13.9 Å². The first-order chi connectivity index (χ1) is 20.7. The Kier molecular flexibility index (Phi) is 7.13. The van der Waals surface area contributed by atoms with Crippen molar-refractivity contribution >= 4 is 33.6 Å². The third-order valence-electron chi connectivity index (χ3n) is 9.03. The highest BCUT2D eigenvalue weighted by Crippen LogP contribution is 2.57. The summed E-state index contributed by atoms with van der Waals surface area (Å²) in [6.07, 6.45) is 3.79. The van der Waals surface area contributed by atoms with Crippen molar-refractivity contribution in [2.75, 3.05) is 31.2 Å². The number of carboxylic acid groups (broad SMARTS) is 1. The molecule has 2 aromatic heterocycles. The molecule has 2 fully saturated rings. The predicted molar refractivity (Wildman–Crippen MR) is 164 cm³/mol. The van der Waals surface area contributed by atoms with Crippen molar-refractivity contribution in [1.82, 2.24) is 24.3 Å². The summed E-state index contributed by atoms with van der Waals surface area (Å²) in [6.45, 7) is 6.29. The topological polar surface area (TPSA) is 137 Å². The molecule has 1 aliphatic carbocycles. The van der Waals surface area contributed by atoms with Crippen molar-refractivity contribution in [1.29, 1.82) is 0 Å². The lowest BCUT2D eigenvalue weighted by atomic mass is 9.84. The lowest BCUT2D eigenvalue weighted by Gasteiger charge is -2.42. The maximum absolute atomic E-state index is 12.2. The molecule has 7 rings (SSSR count). The Balaban J connectivity index is 1.26. The Morgan fingerprint density at radius 3 is 2.77 bits per heavy atom. The zero-order valence-corrected chi connectivity index (χ0v) is 25.1. The summed E-state index contributed by atoms with van der Waals surface area (Å²) < 4.78 is 32.9. The fourth-order valence-electron chi connectivity index (χ4n) is 6.50. The minimum Gasteiger partial charge on any atom is -0.481 e. The maximum Gasteiger partial charge on any atom is 0.304 e. The third kappa shape index (κ3) is 5.06. The minimum atomic E-state index is -3.37. The molecule has 226 valence electrons. The summed E-state index contributed by atoms with van der Waals surface area (Å²) in [7, 11) is -3.37. The Bertz CT molecular complexity index is 1710. The molecule has 2 aliphatic heterocycles. The first kappa shape index (κ1) is 28.2. The zero-order valence-electron chi connectivity index (χ0n) is 24.3. The fourth-order valence-corrected chi connectivity index (χ4v) is 8.15. The van der Waals surface area contributed by atoms with Gasteiger partial charge in [-0.1, -0.05) is 29.5 Å².